The monoisotopic (exact) mass is 416 g/mol. The van der Waals surface area contributed by atoms with Gasteiger partial charge in [-0.3, -0.25) is 4.79 Å². The SMILES string of the molecule is CCCCCOc1ccc(C(C)NC(=O)CC2CSCCN2)cc1OC.Cl. The van der Waals surface area contributed by atoms with Crippen LogP contribution in [0.2, 0.25) is 0 Å². The van der Waals surface area contributed by atoms with Crippen molar-refractivity contribution in [3.63, 3.8) is 0 Å². The Morgan fingerprint density at radius 1 is 1.37 bits per heavy atom. The fourth-order valence-electron chi connectivity index (χ4n) is 2.97. The van der Waals surface area contributed by atoms with Crippen molar-refractivity contribution in [1.82, 2.24) is 10.6 Å². The van der Waals surface area contributed by atoms with Gasteiger partial charge in [0, 0.05) is 30.5 Å². The number of carbonyl (C=O) groups is 1. The molecule has 2 unspecified atom stereocenters. The lowest BCUT2D eigenvalue weighted by Gasteiger charge is -2.23. The van der Waals surface area contributed by atoms with Crippen molar-refractivity contribution >= 4 is 30.1 Å². The number of unbranched alkanes of at least 4 members (excludes halogenated alkanes) is 2. The first kappa shape index (κ1) is 23.9. The van der Waals surface area contributed by atoms with Gasteiger partial charge in [0.1, 0.15) is 0 Å². The first-order valence-electron chi connectivity index (χ1n) is 9.55. The van der Waals surface area contributed by atoms with Gasteiger partial charge in [0.25, 0.3) is 0 Å². The van der Waals surface area contributed by atoms with Gasteiger partial charge in [-0.1, -0.05) is 25.8 Å². The number of thioether (sulfide) groups is 1. The van der Waals surface area contributed by atoms with E-state index in [1.165, 1.54) is 6.42 Å². The van der Waals surface area contributed by atoms with E-state index in [1.54, 1.807) is 7.11 Å². The summed E-state index contributed by atoms with van der Waals surface area (Å²) in [6.07, 6.45) is 3.90. The van der Waals surface area contributed by atoms with Gasteiger partial charge < -0.3 is 20.1 Å². The molecule has 0 aliphatic carbocycles. The predicted molar refractivity (Wildman–Crippen MR) is 116 cm³/mol. The molecule has 0 spiro atoms. The highest BCUT2D eigenvalue weighted by molar-refractivity contribution is 7.99. The van der Waals surface area contributed by atoms with Crippen LogP contribution >= 0.6 is 24.2 Å². The Kier molecular flexibility index (Phi) is 11.6. The molecule has 0 saturated carbocycles. The predicted octanol–water partition coefficient (Wildman–Crippen LogP) is 3.96. The van der Waals surface area contributed by atoms with E-state index < -0.39 is 0 Å². The molecule has 2 atom stereocenters. The fraction of sp³-hybridized carbons (Fsp3) is 0.650. The van der Waals surface area contributed by atoms with Crippen LogP contribution in [0.25, 0.3) is 0 Å². The number of halogens is 1. The Balaban J connectivity index is 0.00000364. The van der Waals surface area contributed by atoms with Crippen LogP contribution < -0.4 is 20.1 Å². The van der Waals surface area contributed by atoms with Crippen LogP contribution in [0, 0.1) is 0 Å². The summed E-state index contributed by atoms with van der Waals surface area (Å²) in [6, 6.07) is 6.09. The molecular weight excluding hydrogens is 384 g/mol. The zero-order valence-corrected chi connectivity index (χ0v) is 18.2. The number of methoxy groups -OCH3 is 1. The van der Waals surface area contributed by atoms with Crippen LogP contribution in [0.15, 0.2) is 18.2 Å². The van der Waals surface area contributed by atoms with E-state index in [0.29, 0.717) is 18.8 Å². The molecule has 1 aliphatic rings. The van der Waals surface area contributed by atoms with Gasteiger partial charge in [-0.15, -0.1) is 12.4 Å². The van der Waals surface area contributed by atoms with Crippen molar-refractivity contribution in [2.24, 2.45) is 0 Å². The number of rotatable bonds is 10. The van der Waals surface area contributed by atoms with Gasteiger partial charge in [0.05, 0.1) is 19.8 Å². The number of ether oxygens (including phenoxy) is 2. The summed E-state index contributed by atoms with van der Waals surface area (Å²) in [6.45, 7) is 5.85. The van der Waals surface area contributed by atoms with E-state index in [0.717, 1.165) is 42.2 Å². The van der Waals surface area contributed by atoms with Crippen LogP contribution in [0.1, 0.15) is 51.1 Å². The van der Waals surface area contributed by atoms with E-state index in [4.69, 9.17) is 9.47 Å². The summed E-state index contributed by atoms with van der Waals surface area (Å²) >= 11 is 1.90. The lowest BCUT2D eigenvalue weighted by molar-refractivity contribution is -0.122. The van der Waals surface area contributed by atoms with Crippen LogP contribution in [0.4, 0.5) is 0 Å². The molecule has 5 nitrogen and oxygen atoms in total. The Bertz CT molecular complexity index is 568. The van der Waals surface area contributed by atoms with Crippen molar-refractivity contribution in [2.75, 3.05) is 31.8 Å². The van der Waals surface area contributed by atoms with Crippen LogP contribution in [-0.2, 0) is 4.79 Å². The quantitative estimate of drug-likeness (QED) is 0.565. The maximum Gasteiger partial charge on any atom is 0.222 e. The molecule has 0 bridgehead atoms. The highest BCUT2D eigenvalue weighted by Crippen LogP contribution is 2.30. The minimum atomic E-state index is -0.0678. The van der Waals surface area contributed by atoms with Crippen molar-refractivity contribution in [1.29, 1.82) is 0 Å². The first-order chi connectivity index (χ1) is 12.6. The molecule has 1 fully saturated rings. The van der Waals surface area contributed by atoms with Crippen LogP contribution in [0.5, 0.6) is 11.5 Å². The molecule has 2 N–H and O–H groups in total. The maximum absolute atomic E-state index is 12.3. The van der Waals surface area contributed by atoms with Gasteiger partial charge in [0.2, 0.25) is 5.91 Å². The zero-order valence-electron chi connectivity index (χ0n) is 16.6. The summed E-state index contributed by atoms with van der Waals surface area (Å²) in [7, 11) is 1.65. The minimum absolute atomic E-state index is 0. The van der Waals surface area contributed by atoms with E-state index in [-0.39, 0.29) is 30.4 Å². The number of hydrogen-bond acceptors (Lipinski definition) is 5. The highest BCUT2D eigenvalue weighted by Gasteiger charge is 2.19. The Hall–Kier alpha value is -1.11. The Morgan fingerprint density at radius 3 is 2.85 bits per heavy atom. The fourth-order valence-corrected chi connectivity index (χ4v) is 3.91. The Labute approximate surface area is 173 Å². The lowest BCUT2D eigenvalue weighted by atomic mass is 10.1. The third kappa shape index (κ3) is 8.20. The summed E-state index contributed by atoms with van der Waals surface area (Å²) in [5.41, 5.74) is 1.02. The molecule has 0 radical (unpaired) electrons. The molecule has 1 aromatic carbocycles. The van der Waals surface area contributed by atoms with E-state index >= 15 is 0 Å². The second-order valence-electron chi connectivity index (χ2n) is 6.69. The third-order valence-corrected chi connectivity index (χ3v) is 5.63. The van der Waals surface area contributed by atoms with Crippen molar-refractivity contribution < 1.29 is 14.3 Å². The summed E-state index contributed by atoms with van der Waals surface area (Å²) < 4.78 is 11.3. The van der Waals surface area contributed by atoms with Crippen molar-refractivity contribution in [3.05, 3.63) is 23.8 Å². The van der Waals surface area contributed by atoms with Crippen molar-refractivity contribution in [3.8, 4) is 11.5 Å². The average Bonchev–Trinajstić information content (AvgIpc) is 2.66. The molecule has 7 heteroatoms. The number of amides is 1. The normalized spacial score (nSPS) is 17.5. The summed E-state index contributed by atoms with van der Waals surface area (Å²) in [4.78, 5) is 12.3. The third-order valence-electron chi connectivity index (χ3n) is 4.50. The molecule has 27 heavy (non-hydrogen) atoms. The highest BCUT2D eigenvalue weighted by atomic mass is 35.5. The van der Waals surface area contributed by atoms with Gasteiger partial charge in [-0.2, -0.15) is 11.8 Å². The van der Waals surface area contributed by atoms with E-state index in [2.05, 4.69) is 17.6 Å². The maximum atomic E-state index is 12.3. The van der Waals surface area contributed by atoms with Gasteiger partial charge in [0.15, 0.2) is 11.5 Å². The van der Waals surface area contributed by atoms with Crippen molar-refractivity contribution in [2.45, 2.75) is 51.6 Å². The topological polar surface area (TPSA) is 59.6 Å². The number of benzene rings is 1. The summed E-state index contributed by atoms with van der Waals surface area (Å²) in [5.74, 6) is 3.68. The molecular formula is C20H33ClN2O3S. The molecule has 1 saturated heterocycles. The number of carbonyl (C=O) groups excluding carboxylic acids is 1. The molecule has 1 aromatic rings. The minimum Gasteiger partial charge on any atom is -0.493 e. The summed E-state index contributed by atoms with van der Waals surface area (Å²) in [5, 5.41) is 6.49. The van der Waals surface area contributed by atoms with Gasteiger partial charge in [-0.05, 0) is 31.0 Å². The molecule has 1 amide bonds. The largest absolute Gasteiger partial charge is 0.493 e. The molecule has 154 valence electrons. The van der Waals surface area contributed by atoms with Crippen LogP contribution in [0.3, 0.4) is 0 Å². The van der Waals surface area contributed by atoms with Gasteiger partial charge >= 0.3 is 0 Å². The number of nitrogens with one attached hydrogen (secondary N) is 2. The molecule has 0 aromatic heterocycles. The Morgan fingerprint density at radius 2 is 2.19 bits per heavy atom. The molecule has 2 rings (SSSR count). The van der Waals surface area contributed by atoms with E-state index in [1.807, 2.05) is 36.9 Å². The smallest absolute Gasteiger partial charge is 0.222 e. The molecule has 1 aliphatic heterocycles. The second kappa shape index (κ2) is 13.1. The van der Waals surface area contributed by atoms with Crippen LogP contribution in [-0.4, -0.2) is 43.7 Å². The first-order valence-corrected chi connectivity index (χ1v) is 10.7. The van der Waals surface area contributed by atoms with E-state index in [9.17, 15) is 4.79 Å². The lowest BCUT2D eigenvalue weighted by Crippen LogP contribution is -2.41. The standard InChI is InChI=1S/C20H32N2O3S.ClH/c1-4-5-6-10-25-18-8-7-16(12-19(18)24-3)15(2)22-20(23)13-17-14-26-11-9-21-17;/h7-8,12,15,17,21H,4-6,9-11,13-14H2,1-3H3,(H,22,23);1H. The number of hydrogen-bond donors (Lipinski definition) is 2. The zero-order chi connectivity index (χ0) is 18.8. The average molecular weight is 417 g/mol. The van der Waals surface area contributed by atoms with Gasteiger partial charge in [-0.25, -0.2) is 0 Å². The molecule has 1 heterocycles. The second-order valence-corrected chi connectivity index (χ2v) is 7.83.